The van der Waals surface area contributed by atoms with Crippen LogP contribution in [0.5, 0.6) is 0 Å². The minimum absolute atomic E-state index is 0.0381. The minimum atomic E-state index is -4.50. The molecule has 0 aliphatic carbocycles. The molecule has 0 aromatic heterocycles. The van der Waals surface area contributed by atoms with Crippen LogP contribution in [0.25, 0.3) is 0 Å². The Bertz CT molecular complexity index is 1370. The normalized spacial score (nSPS) is 17.4. The first-order valence-corrected chi connectivity index (χ1v) is 11.6. The zero-order chi connectivity index (χ0) is 26.2. The lowest BCUT2D eigenvalue weighted by Gasteiger charge is -2.37. The first kappa shape index (κ1) is 24.4. The van der Waals surface area contributed by atoms with E-state index >= 15 is 0 Å². The zero-order valence-corrected chi connectivity index (χ0v) is 19.6. The van der Waals surface area contributed by atoms with Crippen LogP contribution in [0.4, 0.5) is 35.9 Å². The molecule has 0 unspecified atom stereocenters. The monoisotopic (exact) mass is 509 g/mol. The van der Waals surface area contributed by atoms with E-state index in [0.29, 0.717) is 44.1 Å². The molecule has 0 saturated carbocycles. The number of carbonyl (C=O) groups is 1. The topological polar surface area (TPSA) is 82.3 Å². The lowest BCUT2D eigenvalue weighted by molar-refractivity contribution is -0.384. The summed E-state index contributed by atoms with van der Waals surface area (Å²) >= 11 is 0. The van der Waals surface area contributed by atoms with Gasteiger partial charge in [-0.1, -0.05) is 24.3 Å². The molecule has 5 rings (SSSR count). The van der Waals surface area contributed by atoms with Crippen molar-refractivity contribution in [3.8, 4) is 0 Å². The molecule has 1 amide bonds. The number of hydrogen-bond acceptors (Lipinski definition) is 6. The second-order valence-corrected chi connectivity index (χ2v) is 8.78. The summed E-state index contributed by atoms with van der Waals surface area (Å²) in [5.41, 5.74) is 1.52. The van der Waals surface area contributed by atoms with Gasteiger partial charge in [-0.25, -0.2) is 4.99 Å². The molecule has 3 aromatic carbocycles. The molecule has 0 bridgehead atoms. The highest BCUT2D eigenvalue weighted by atomic mass is 19.4. The van der Waals surface area contributed by atoms with E-state index in [9.17, 15) is 28.1 Å². The van der Waals surface area contributed by atoms with Crippen LogP contribution in [0, 0.1) is 10.1 Å². The molecule has 0 spiro atoms. The molecule has 11 heteroatoms. The van der Waals surface area contributed by atoms with Gasteiger partial charge < -0.3 is 4.90 Å². The predicted molar refractivity (Wildman–Crippen MR) is 133 cm³/mol. The molecule has 0 N–H and O–H groups in total. The number of nitro groups is 1. The molecule has 2 aliphatic rings. The summed E-state index contributed by atoms with van der Waals surface area (Å²) in [4.78, 5) is 34.0. The van der Waals surface area contributed by atoms with Gasteiger partial charge >= 0.3 is 6.18 Å². The van der Waals surface area contributed by atoms with Crippen molar-refractivity contribution in [1.29, 1.82) is 0 Å². The number of anilines is 2. The van der Waals surface area contributed by atoms with Crippen LogP contribution in [0.15, 0.2) is 77.8 Å². The lowest BCUT2D eigenvalue weighted by Crippen LogP contribution is -2.51. The molecule has 2 heterocycles. The van der Waals surface area contributed by atoms with Crippen molar-refractivity contribution in [3.05, 3.63) is 94.0 Å². The van der Waals surface area contributed by atoms with Crippen LogP contribution in [0.1, 0.15) is 11.1 Å². The van der Waals surface area contributed by atoms with E-state index in [1.165, 1.54) is 24.3 Å². The van der Waals surface area contributed by atoms with Gasteiger partial charge in [0, 0.05) is 49.6 Å². The van der Waals surface area contributed by atoms with Crippen molar-refractivity contribution in [1.82, 2.24) is 4.90 Å². The van der Waals surface area contributed by atoms with Crippen molar-refractivity contribution < 1.29 is 22.9 Å². The number of fused-ring (bicyclic) bond motifs is 1. The van der Waals surface area contributed by atoms with E-state index in [-0.39, 0.29) is 23.0 Å². The van der Waals surface area contributed by atoms with Gasteiger partial charge in [-0.15, -0.1) is 0 Å². The summed E-state index contributed by atoms with van der Waals surface area (Å²) in [6.45, 7) is 2.97. The summed E-state index contributed by atoms with van der Waals surface area (Å²) in [6.07, 6.45) is -4.50. The number of nitrogens with zero attached hydrogens (tertiary/aromatic N) is 5. The highest BCUT2D eigenvalue weighted by molar-refractivity contribution is 6.54. The summed E-state index contributed by atoms with van der Waals surface area (Å²) in [5, 5.41) is 10.9. The first-order chi connectivity index (χ1) is 17.7. The number of benzene rings is 3. The highest BCUT2D eigenvalue weighted by Gasteiger charge is 2.36. The number of para-hydroxylation sites is 1. The molecule has 37 heavy (non-hydrogen) atoms. The Labute approximate surface area is 210 Å². The smallest absolute Gasteiger partial charge is 0.369 e. The molecule has 0 radical (unpaired) electrons. The number of piperazine rings is 1. The van der Waals surface area contributed by atoms with Crippen LogP contribution >= 0.6 is 0 Å². The predicted octanol–water partition coefficient (Wildman–Crippen LogP) is 4.86. The Balaban J connectivity index is 1.31. The molecule has 1 saturated heterocycles. The lowest BCUT2D eigenvalue weighted by atomic mass is 10.1. The van der Waals surface area contributed by atoms with Gasteiger partial charge in [-0.3, -0.25) is 24.7 Å². The standard InChI is InChI=1S/C26H22F3N5O3/c27-26(28,29)18-4-3-5-19(16-18)30-24-22-6-1-2-7-23(22)33(25(24)35)17-31-12-14-32(15-13-31)20-8-10-21(11-9-20)34(36)37/h1-11,16H,12-15,17H2. The summed E-state index contributed by atoms with van der Waals surface area (Å²) in [7, 11) is 0. The summed E-state index contributed by atoms with van der Waals surface area (Å²) in [6, 6.07) is 18.1. The fourth-order valence-corrected chi connectivity index (χ4v) is 4.52. The molecule has 0 atom stereocenters. The Hall–Kier alpha value is -4.25. The largest absolute Gasteiger partial charge is 0.416 e. The van der Waals surface area contributed by atoms with E-state index in [0.717, 1.165) is 17.8 Å². The van der Waals surface area contributed by atoms with Crippen LogP contribution in [0.3, 0.4) is 0 Å². The minimum Gasteiger partial charge on any atom is -0.369 e. The van der Waals surface area contributed by atoms with E-state index < -0.39 is 16.7 Å². The number of non-ortho nitro benzene ring substituents is 1. The quantitative estimate of drug-likeness (QED) is 0.363. The van der Waals surface area contributed by atoms with Gasteiger partial charge in [0.2, 0.25) is 0 Å². The second kappa shape index (κ2) is 9.66. The van der Waals surface area contributed by atoms with Crippen LogP contribution in [-0.4, -0.2) is 54.3 Å². The Kier molecular flexibility index (Phi) is 6.38. The van der Waals surface area contributed by atoms with Gasteiger partial charge in [-0.2, -0.15) is 13.2 Å². The summed E-state index contributed by atoms with van der Waals surface area (Å²) < 4.78 is 39.4. The first-order valence-electron chi connectivity index (χ1n) is 11.6. The maximum absolute atomic E-state index is 13.4. The average Bonchev–Trinajstić information content (AvgIpc) is 3.15. The van der Waals surface area contributed by atoms with Crippen molar-refractivity contribution >= 4 is 34.4 Å². The second-order valence-electron chi connectivity index (χ2n) is 8.78. The Morgan fingerprint density at radius 1 is 0.919 bits per heavy atom. The molecule has 190 valence electrons. The summed E-state index contributed by atoms with van der Waals surface area (Å²) in [5.74, 6) is -0.364. The Morgan fingerprint density at radius 3 is 2.30 bits per heavy atom. The maximum atomic E-state index is 13.4. The van der Waals surface area contributed by atoms with Crippen molar-refractivity contribution in [2.24, 2.45) is 4.99 Å². The average molecular weight is 509 g/mol. The SMILES string of the molecule is O=C1C(=Nc2cccc(C(F)(F)F)c2)c2ccccc2N1CN1CCN(c2ccc([N+](=O)[O-])cc2)CC1. The van der Waals surface area contributed by atoms with Gasteiger partial charge in [0.15, 0.2) is 0 Å². The number of carbonyl (C=O) groups excluding carboxylic acids is 1. The molecule has 3 aromatic rings. The van der Waals surface area contributed by atoms with Crippen LogP contribution in [-0.2, 0) is 11.0 Å². The van der Waals surface area contributed by atoms with Gasteiger partial charge in [-0.05, 0) is 36.4 Å². The van der Waals surface area contributed by atoms with Crippen LogP contribution < -0.4 is 9.80 Å². The third-order valence-electron chi connectivity index (χ3n) is 6.45. The third kappa shape index (κ3) is 5.03. The van der Waals surface area contributed by atoms with E-state index in [4.69, 9.17) is 0 Å². The van der Waals surface area contributed by atoms with Crippen molar-refractivity contribution in [2.45, 2.75) is 6.18 Å². The number of amides is 1. The van der Waals surface area contributed by atoms with Gasteiger partial charge in [0.1, 0.15) is 5.71 Å². The number of halogens is 3. The fraction of sp³-hybridized carbons (Fsp3) is 0.231. The fourth-order valence-electron chi connectivity index (χ4n) is 4.52. The number of nitro benzene ring substituents is 1. The molecule has 8 nitrogen and oxygen atoms in total. The molecular weight excluding hydrogens is 487 g/mol. The number of rotatable bonds is 5. The van der Waals surface area contributed by atoms with E-state index in [1.807, 2.05) is 0 Å². The highest BCUT2D eigenvalue weighted by Crippen LogP contribution is 2.34. The number of aliphatic imine (C=N–C) groups is 1. The number of hydrogen-bond donors (Lipinski definition) is 0. The zero-order valence-electron chi connectivity index (χ0n) is 19.6. The number of alkyl halides is 3. The Morgan fingerprint density at radius 2 is 1.62 bits per heavy atom. The van der Waals surface area contributed by atoms with Crippen molar-refractivity contribution in [3.63, 3.8) is 0 Å². The van der Waals surface area contributed by atoms with Crippen LogP contribution in [0.2, 0.25) is 0 Å². The molecule has 1 fully saturated rings. The molecule has 2 aliphatic heterocycles. The third-order valence-corrected chi connectivity index (χ3v) is 6.45. The van der Waals surface area contributed by atoms with E-state index in [2.05, 4.69) is 14.8 Å². The maximum Gasteiger partial charge on any atom is 0.416 e. The molecular formula is C26H22F3N5O3. The van der Waals surface area contributed by atoms with E-state index in [1.54, 1.807) is 41.3 Å². The van der Waals surface area contributed by atoms with Gasteiger partial charge in [0.05, 0.1) is 28.5 Å². The van der Waals surface area contributed by atoms with Gasteiger partial charge in [0.25, 0.3) is 11.6 Å². The van der Waals surface area contributed by atoms with Crippen molar-refractivity contribution in [2.75, 3.05) is 42.6 Å².